The number of hydrogen-bond donors (Lipinski definition) is 4. The van der Waals surface area contributed by atoms with E-state index in [0.717, 1.165) is 11.0 Å². The van der Waals surface area contributed by atoms with Crippen LogP contribution >= 0.6 is 0 Å². The molecular weight excluding hydrogens is 827 g/mol. The number of aromatic nitrogens is 1. The number of benzene rings is 3. The summed E-state index contributed by atoms with van der Waals surface area (Å²) in [4.78, 5) is 96.5. The van der Waals surface area contributed by atoms with Gasteiger partial charge in [-0.25, -0.2) is 4.39 Å². The number of carbonyl (C=O) groups is 6. The quantitative estimate of drug-likeness (QED) is 0.0810. The van der Waals surface area contributed by atoms with Crippen LogP contribution in [0.15, 0.2) is 71.7 Å². The minimum absolute atomic E-state index is 0.00410. The first-order valence-corrected chi connectivity index (χ1v) is 20.6. The van der Waals surface area contributed by atoms with Crippen LogP contribution in [0.5, 0.6) is 0 Å². The summed E-state index contributed by atoms with van der Waals surface area (Å²) in [5, 5.41) is 7.59. The molecule has 7 rings (SSSR count). The number of hydrogen-bond acceptors (Lipinski definition) is 9. The Morgan fingerprint density at radius 3 is 2.32 bits per heavy atom. The maximum absolute atomic E-state index is 15.5. The number of pyridine rings is 1. The monoisotopic (exact) mass is 871 g/mol. The number of nitrogens with zero attached hydrogens (tertiary/aromatic N) is 3. The summed E-state index contributed by atoms with van der Waals surface area (Å²) in [6.07, 6.45) is -2.00. The second-order valence-electron chi connectivity index (χ2n) is 16.1. The standard InChI is InChI=1S/C45H45F4N7O7/c1-24-22-55(23-25(2)54(24)3)35-14-12-27(19-34(35)52-41(60)31-21-51-38(58)20-32(31)45(47,48)49)30-18-28(11-13-33(30)46)40(59)50-17-6-4-5-8-26-9-7-10-29-39(26)44(63)56(43(29)62)36-15-16-37(57)53-42(36)61/h7,9-14,18-21,24-25,36H,4-6,8,15-17,22-23H2,1-3H3,(H,50,59)(H,51,58)(H,52,60)(H,53,57,61)/t24-,25+,36?. The Labute approximate surface area is 359 Å². The smallest absolute Gasteiger partial charge is 0.367 e. The molecule has 4 heterocycles. The van der Waals surface area contributed by atoms with Gasteiger partial charge in [0, 0.05) is 61.5 Å². The van der Waals surface area contributed by atoms with E-state index in [1.807, 2.05) is 25.8 Å². The largest absolute Gasteiger partial charge is 0.417 e. The molecule has 3 aliphatic heterocycles. The summed E-state index contributed by atoms with van der Waals surface area (Å²) in [7, 11) is 1.98. The molecule has 63 heavy (non-hydrogen) atoms. The minimum atomic E-state index is -5.00. The number of likely N-dealkylation sites (N-methyl/N-ethyl adjacent to an activating group) is 1. The lowest BCUT2D eigenvalue weighted by Crippen LogP contribution is -2.55. The number of aryl methyl sites for hydroxylation is 1. The molecule has 0 saturated carbocycles. The van der Waals surface area contributed by atoms with Crippen molar-refractivity contribution in [1.82, 2.24) is 25.4 Å². The second-order valence-corrected chi connectivity index (χ2v) is 16.1. The predicted molar refractivity (Wildman–Crippen MR) is 224 cm³/mol. The molecule has 3 aliphatic rings. The Bertz CT molecular complexity index is 2570. The van der Waals surface area contributed by atoms with E-state index in [1.165, 1.54) is 24.3 Å². The second kappa shape index (κ2) is 18.0. The topological polar surface area (TPSA) is 181 Å². The number of aromatic amines is 1. The van der Waals surface area contributed by atoms with Crippen LogP contribution in [0.2, 0.25) is 0 Å². The van der Waals surface area contributed by atoms with E-state index in [2.05, 4.69) is 25.8 Å². The predicted octanol–water partition coefficient (Wildman–Crippen LogP) is 5.52. The number of unbranched alkanes of at least 4 members (excludes halogenated alkanes) is 2. The molecular formula is C45H45F4N7O7. The molecule has 4 N–H and O–H groups in total. The Balaban J connectivity index is 1.02. The van der Waals surface area contributed by atoms with Crippen molar-refractivity contribution in [3.8, 4) is 11.1 Å². The van der Waals surface area contributed by atoms with Gasteiger partial charge in [0.25, 0.3) is 23.6 Å². The van der Waals surface area contributed by atoms with Crippen LogP contribution in [0, 0.1) is 5.82 Å². The van der Waals surface area contributed by atoms with Crippen LogP contribution in [0.4, 0.5) is 28.9 Å². The molecule has 1 unspecified atom stereocenters. The van der Waals surface area contributed by atoms with E-state index >= 15 is 4.39 Å². The number of nitrogens with one attached hydrogen (secondary N) is 4. The number of piperazine rings is 1. The van der Waals surface area contributed by atoms with Gasteiger partial charge in [-0.2, -0.15) is 13.2 Å². The van der Waals surface area contributed by atoms with E-state index in [4.69, 9.17) is 0 Å². The van der Waals surface area contributed by atoms with Gasteiger partial charge in [0.2, 0.25) is 17.4 Å². The first-order valence-electron chi connectivity index (χ1n) is 20.6. The molecule has 3 aromatic carbocycles. The van der Waals surface area contributed by atoms with E-state index in [9.17, 15) is 46.7 Å². The molecule has 14 nitrogen and oxygen atoms in total. The summed E-state index contributed by atoms with van der Waals surface area (Å²) >= 11 is 0. The summed E-state index contributed by atoms with van der Waals surface area (Å²) in [6, 6.07) is 12.8. The first-order chi connectivity index (χ1) is 29.9. The minimum Gasteiger partial charge on any atom is -0.367 e. The van der Waals surface area contributed by atoms with Gasteiger partial charge in [-0.1, -0.05) is 24.6 Å². The highest BCUT2D eigenvalue weighted by molar-refractivity contribution is 6.24. The third-order valence-corrected chi connectivity index (χ3v) is 11.9. The molecule has 0 aliphatic carbocycles. The molecule has 3 atom stereocenters. The molecule has 6 amide bonds. The van der Waals surface area contributed by atoms with Gasteiger partial charge in [-0.3, -0.25) is 48.7 Å². The van der Waals surface area contributed by atoms with Crippen molar-refractivity contribution in [3.05, 3.63) is 116 Å². The number of amides is 6. The summed E-state index contributed by atoms with van der Waals surface area (Å²) in [5.74, 6) is -4.62. The normalized spacial score (nSPS) is 19.3. The molecule has 2 fully saturated rings. The molecule has 18 heteroatoms. The van der Waals surface area contributed by atoms with Crippen molar-refractivity contribution in [3.63, 3.8) is 0 Å². The van der Waals surface area contributed by atoms with E-state index in [0.29, 0.717) is 62.3 Å². The van der Waals surface area contributed by atoms with Crippen molar-refractivity contribution in [2.24, 2.45) is 0 Å². The van der Waals surface area contributed by atoms with Crippen molar-refractivity contribution in [2.45, 2.75) is 76.7 Å². The molecule has 2 saturated heterocycles. The van der Waals surface area contributed by atoms with Gasteiger partial charge >= 0.3 is 6.18 Å². The zero-order valence-electron chi connectivity index (χ0n) is 34.7. The Kier molecular flexibility index (Phi) is 12.6. The number of rotatable bonds is 12. The molecule has 0 spiro atoms. The number of halogens is 4. The zero-order valence-corrected chi connectivity index (χ0v) is 34.7. The highest BCUT2D eigenvalue weighted by atomic mass is 19.4. The summed E-state index contributed by atoms with van der Waals surface area (Å²) in [5.41, 5.74) is -1.21. The fourth-order valence-corrected chi connectivity index (χ4v) is 8.37. The molecule has 0 radical (unpaired) electrons. The van der Waals surface area contributed by atoms with E-state index < -0.39 is 70.2 Å². The van der Waals surface area contributed by atoms with Crippen LogP contribution in [0.25, 0.3) is 11.1 Å². The fraction of sp³-hybridized carbons (Fsp3) is 0.356. The van der Waals surface area contributed by atoms with Gasteiger partial charge in [0.05, 0.1) is 33.6 Å². The van der Waals surface area contributed by atoms with E-state index in [-0.39, 0.29) is 65.0 Å². The Morgan fingerprint density at radius 1 is 0.857 bits per heavy atom. The van der Waals surface area contributed by atoms with Crippen LogP contribution < -0.4 is 26.4 Å². The highest BCUT2D eigenvalue weighted by Gasteiger charge is 2.45. The van der Waals surface area contributed by atoms with Crippen LogP contribution in [-0.2, 0) is 22.2 Å². The maximum atomic E-state index is 15.5. The van der Waals surface area contributed by atoms with Crippen LogP contribution in [0.1, 0.15) is 98.5 Å². The van der Waals surface area contributed by atoms with E-state index in [1.54, 1.807) is 24.3 Å². The van der Waals surface area contributed by atoms with Crippen molar-refractivity contribution in [2.75, 3.05) is 36.9 Å². The number of alkyl halides is 3. The SMILES string of the molecule is C[C@@H]1CN(c2ccc(-c3cc(C(=O)NCCCCCc4cccc5c4C(=O)N(C4CCC(=O)NC4=O)C5=O)ccc3F)cc2NC(=O)c2c[nH]c(=O)cc2C(F)(F)F)C[C@H](C)N1C. The number of H-pyrrole nitrogens is 1. The van der Waals surface area contributed by atoms with Crippen molar-refractivity contribution < 1.29 is 46.3 Å². The number of carbonyl (C=O) groups excluding carboxylic acids is 6. The maximum Gasteiger partial charge on any atom is 0.417 e. The first kappa shape index (κ1) is 44.4. The van der Waals surface area contributed by atoms with Crippen LogP contribution in [0.3, 0.4) is 0 Å². The number of anilines is 2. The molecule has 330 valence electrons. The third kappa shape index (κ3) is 9.26. The summed E-state index contributed by atoms with van der Waals surface area (Å²) in [6.45, 7) is 5.32. The van der Waals surface area contributed by atoms with Gasteiger partial charge in [0.15, 0.2) is 0 Å². The van der Waals surface area contributed by atoms with Gasteiger partial charge < -0.3 is 20.5 Å². The van der Waals surface area contributed by atoms with Gasteiger partial charge in [-0.15, -0.1) is 0 Å². The highest BCUT2D eigenvalue weighted by Crippen LogP contribution is 2.37. The Morgan fingerprint density at radius 2 is 1.60 bits per heavy atom. The number of fused-ring (bicyclic) bond motifs is 1. The van der Waals surface area contributed by atoms with Gasteiger partial charge in [-0.05, 0) is 94.1 Å². The zero-order chi connectivity index (χ0) is 45.3. The molecule has 4 aromatic rings. The van der Waals surface area contributed by atoms with Crippen molar-refractivity contribution >= 4 is 46.8 Å². The molecule has 1 aromatic heterocycles. The average molecular weight is 872 g/mol. The lowest BCUT2D eigenvalue weighted by molar-refractivity contribution is -0.138. The number of imide groups is 2. The lowest BCUT2D eigenvalue weighted by atomic mass is 9.98. The lowest BCUT2D eigenvalue weighted by Gasteiger charge is -2.44. The molecule has 0 bridgehead atoms. The van der Waals surface area contributed by atoms with Crippen molar-refractivity contribution in [1.29, 1.82) is 0 Å². The van der Waals surface area contributed by atoms with Gasteiger partial charge in [0.1, 0.15) is 11.9 Å². The van der Waals surface area contributed by atoms with Crippen LogP contribution in [-0.4, -0.2) is 95.0 Å². The Hall–Kier alpha value is -6.69. The number of piperidine rings is 1. The fourth-order valence-electron chi connectivity index (χ4n) is 8.37. The summed E-state index contributed by atoms with van der Waals surface area (Å²) < 4.78 is 57.3. The third-order valence-electron chi connectivity index (χ3n) is 11.9. The average Bonchev–Trinajstić information content (AvgIpc) is 3.49.